The Morgan fingerprint density at radius 2 is 1.70 bits per heavy atom. The summed E-state index contributed by atoms with van der Waals surface area (Å²) < 4.78 is 16.5. The van der Waals surface area contributed by atoms with Gasteiger partial charge in [-0.1, -0.05) is 0 Å². The van der Waals surface area contributed by atoms with E-state index in [2.05, 4.69) is 0 Å². The Kier molecular flexibility index (Phi) is 5.91. The van der Waals surface area contributed by atoms with Crippen molar-refractivity contribution in [3.05, 3.63) is 46.1 Å². The number of phenols is 3. The molecule has 11 heteroatoms. The Bertz CT molecular complexity index is 1250. The zero-order valence-corrected chi connectivity index (χ0v) is 17.2. The number of ether oxygens (including phenoxy) is 2. The second kappa shape index (κ2) is 8.54. The van der Waals surface area contributed by atoms with Gasteiger partial charge in [-0.3, -0.25) is 4.79 Å². The van der Waals surface area contributed by atoms with Crippen LogP contribution in [-0.4, -0.2) is 73.9 Å². The van der Waals surface area contributed by atoms with E-state index in [1.165, 1.54) is 31.4 Å². The van der Waals surface area contributed by atoms with Gasteiger partial charge in [-0.15, -0.1) is 0 Å². The van der Waals surface area contributed by atoms with E-state index >= 15 is 0 Å². The normalized spacial score (nSPS) is 25.3. The van der Waals surface area contributed by atoms with Gasteiger partial charge in [0.25, 0.3) is 0 Å². The van der Waals surface area contributed by atoms with Gasteiger partial charge in [0, 0.05) is 17.7 Å². The standard InChI is InChI=1S/C22H22O11/c1-31-13-6-14-16(11(26)5-12(32-14)8-2-3-9(24)10(25)4-8)19(28)17(13)22-21(30)20(29)18(27)15(7-23)33-22/h2-6,15,18,20-25,27-30H,7H2,1H3/t15-,18+,20+,21+,22-/m0/s1. The molecule has 5 atom stereocenters. The Morgan fingerprint density at radius 1 is 0.970 bits per heavy atom. The topological polar surface area (TPSA) is 190 Å². The molecule has 0 radical (unpaired) electrons. The van der Waals surface area contributed by atoms with Crippen molar-refractivity contribution in [2.45, 2.75) is 30.5 Å². The van der Waals surface area contributed by atoms with Crippen molar-refractivity contribution in [3.8, 4) is 34.3 Å². The molecular weight excluding hydrogens is 440 g/mol. The highest BCUT2D eigenvalue weighted by Gasteiger charge is 2.46. The molecule has 0 amide bonds. The molecular formula is C22H22O11. The van der Waals surface area contributed by atoms with Crippen molar-refractivity contribution in [2.75, 3.05) is 13.7 Å². The summed E-state index contributed by atoms with van der Waals surface area (Å²) in [4.78, 5) is 12.9. The van der Waals surface area contributed by atoms with Crippen LogP contribution in [0.2, 0.25) is 0 Å². The van der Waals surface area contributed by atoms with Gasteiger partial charge >= 0.3 is 0 Å². The molecule has 0 saturated carbocycles. The summed E-state index contributed by atoms with van der Waals surface area (Å²) in [6.07, 6.45) is -7.72. The van der Waals surface area contributed by atoms with Gasteiger partial charge in [-0.05, 0) is 18.2 Å². The molecule has 2 aromatic carbocycles. The summed E-state index contributed by atoms with van der Waals surface area (Å²) in [5.41, 5.74) is -0.664. The van der Waals surface area contributed by atoms with Crippen LogP contribution in [0.25, 0.3) is 22.3 Å². The Labute approximate surface area is 185 Å². The number of methoxy groups -OCH3 is 1. The number of aromatic hydroxyl groups is 3. The predicted molar refractivity (Wildman–Crippen MR) is 112 cm³/mol. The first-order chi connectivity index (χ1) is 15.7. The van der Waals surface area contributed by atoms with E-state index in [-0.39, 0.29) is 39.4 Å². The third-order valence-corrected chi connectivity index (χ3v) is 5.65. The zero-order valence-electron chi connectivity index (χ0n) is 17.2. The summed E-state index contributed by atoms with van der Waals surface area (Å²) in [6, 6.07) is 6.17. The summed E-state index contributed by atoms with van der Waals surface area (Å²) >= 11 is 0. The predicted octanol–water partition coefficient (Wildman–Crippen LogP) is 0.100. The minimum absolute atomic E-state index is 0.0323. The molecule has 0 aliphatic carbocycles. The Balaban J connectivity index is 1.89. The lowest BCUT2D eigenvalue weighted by atomic mass is 9.89. The molecule has 33 heavy (non-hydrogen) atoms. The second-order valence-corrected chi connectivity index (χ2v) is 7.64. The van der Waals surface area contributed by atoms with Crippen LogP contribution >= 0.6 is 0 Å². The number of rotatable bonds is 4. The minimum atomic E-state index is -1.72. The molecule has 7 N–H and O–H groups in total. The van der Waals surface area contributed by atoms with E-state index in [9.17, 15) is 40.5 Å². The lowest BCUT2D eigenvalue weighted by Crippen LogP contribution is -2.55. The molecule has 11 nitrogen and oxygen atoms in total. The molecule has 0 bridgehead atoms. The number of aliphatic hydroxyl groups is 4. The largest absolute Gasteiger partial charge is 0.506 e. The van der Waals surface area contributed by atoms with Crippen LogP contribution in [0.3, 0.4) is 0 Å². The lowest BCUT2D eigenvalue weighted by molar-refractivity contribution is -0.232. The van der Waals surface area contributed by atoms with Crippen LogP contribution in [0.4, 0.5) is 0 Å². The van der Waals surface area contributed by atoms with Crippen LogP contribution in [0.1, 0.15) is 11.7 Å². The van der Waals surface area contributed by atoms with Crippen molar-refractivity contribution in [1.29, 1.82) is 0 Å². The Morgan fingerprint density at radius 3 is 2.33 bits per heavy atom. The van der Waals surface area contributed by atoms with Crippen LogP contribution in [0.5, 0.6) is 23.0 Å². The quantitative estimate of drug-likeness (QED) is 0.260. The summed E-state index contributed by atoms with van der Waals surface area (Å²) in [5.74, 6) is -1.44. The highest BCUT2D eigenvalue weighted by molar-refractivity contribution is 5.88. The average Bonchev–Trinajstić information content (AvgIpc) is 2.79. The summed E-state index contributed by atoms with van der Waals surface area (Å²) in [5, 5.41) is 70.0. The lowest BCUT2D eigenvalue weighted by Gasteiger charge is -2.40. The number of fused-ring (bicyclic) bond motifs is 1. The van der Waals surface area contributed by atoms with Gasteiger partial charge < -0.3 is 49.6 Å². The van der Waals surface area contributed by atoms with Crippen molar-refractivity contribution >= 4 is 11.0 Å². The number of hydrogen-bond donors (Lipinski definition) is 7. The van der Waals surface area contributed by atoms with E-state index < -0.39 is 54.1 Å². The van der Waals surface area contributed by atoms with Crippen LogP contribution in [-0.2, 0) is 4.74 Å². The molecule has 2 heterocycles. The van der Waals surface area contributed by atoms with E-state index in [1.54, 1.807) is 0 Å². The fourth-order valence-electron chi connectivity index (χ4n) is 3.90. The molecule has 0 unspecified atom stereocenters. The molecule has 1 fully saturated rings. The number of aliphatic hydroxyl groups excluding tert-OH is 4. The number of hydrogen-bond acceptors (Lipinski definition) is 11. The summed E-state index contributed by atoms with van der Waals surface area (Å²) in [7, 11) is 1.26. The third-order valence-electron chi connectivity index (χ3n) is 5.65. The maximum Gasteiger partial charge on any atom is 0.197 e. The monoisotopic (exact) mass is 462 g/mol. The minimum Gasteiger partial charge on any atom is -0.506 e. The smallest absolute Gasteiger partial charge is 0.197 e. The highest BCUT2D eigenvalue weighted by Crippen LogP contribution is 2.45. The third kappa shape index (κ3) is 3.75. The van der Waals surface area contributed by atoms with E-state index in [0.717, 1.165) is 6.07 Å². The molecule has 1 saturated heterocycles. The molecule has 4 rings (SSSR count). The summed E-state index contributed by atoms with van der Waals surface area (Å²) in [6.45, 7) is -0.678. The Hall–Kier alpha value is -3.35. The molecule has 1 aromatic heterocycles. The van der Waals surface area contributed by atoms with Gasteiger partial charge in [0.1, 0.15) is 58.7 Å². The molecule has 176 valence electrons. The van der Waals surface area contributed by atoms with Crippen molar-refractivity contribution in [2.24, 2.45) is 0 Å². The molecule has 3 aromatic rings. The van der Waals surface area contributed by atoms with E-state index in [4.69, 9.17) is 13.9 Å². The van der Waals surface area contributed by atoms with Gasteiger partial charge in [0.2, 0.25) is 0 Å². The van der Waals surface area contributed by atoms with Crippen LogP contribution < -0.4 is 10.2 Å². The molecule has 1 aliphatic rings. The zero-order chi connectivity index (χ0) is 24.0. The molecule has 1 aliphatic heterocycles. The van der Waals surface area contributed by atoms with E-state index in [0.29, 0.717) is 0 Å². The fraction of sp³-hybridized carbons (Fsp3) is 0.318. The fourth-order valence-corrected chi connectivity index (χ4v) is 3.90. The van der Waals surface area contributed by atoms with Gasteiger partial charge in [-0.2, -0.15) is 0 Å². The SMILES string of the molecule is COc1cc2oc(-c3ccc(O)c(O)c3)cc(=O)c2c(O)c1[C@@H]1O[C@@H](CO)[C@@H](O)[C@@H](O)[C@H]1O. The van der Waals surface area contributed by atoms with Gasteiger partial charge in [0.05, 0.1) is 19.3 Å². The highest BCUT2D eigenvalue weighted by atomic mass is 16.5. The number of phenolic OH excluding ortho intramolecular Hbond substituents is 3. The number of benzene rings is 2. The van der Waals surface area contributed by atoms with E-state index in [1.807, 2.05) is 0 Å². The molecule has 0 spiro atoms. The first-order valence-corrected chi connectivity index (χ1v) is 9.88. The maximum absolute atomic E-state index is 12.9. The van der Waals surface area contributed by atoms with Crippen molar-refractivity contribution in [1.82, 2.24) is 0 Å². The first kappa shape index (κ1) is 22.8. The second-order valence-electron chi connectivity index (χ2n) is 7.64. The maximum atomic E-state index is 12.9. The van der Waals surface area contributed by atoms with Crippen molar-refractivity contribution in [3.63, 3.8) is 0 Å². The average molecular weight is 462 g/mol. The van der Waals surface area contributed by atoms with Crippen LogP contribution in [0, 0.1) is 0 Å². The van der Waals surface area contributed by atoms with Crippen LogP contribution in [0.15, 0.2) is 39.5 Å². The van der Waals surface area contributed by atoms with Gasteiger partial charge in [0.15, 0.2) is 16.9 Å². The van der Waals surface area contributed by atoms with Gasteiger partial charge in [-0.25, -0.2) is 0 Å². The first-order valence-electron chi connectivity index (χ1n) is 9.88. The van der Waals surface area contributed by atoms with Crippen molar-refractivity contribution < 1.29 is 49.6 Å².